The van der Waals surface area contributed by atoms with Crippen molar-refractivity contribution in [3.05, 3.63) is 11.3 Å². The molecule has 5 heteroatoms. The lowest BCUT2D eigenvalue weighted by Gasteiger charge is -2.01. The first-order valence-electron chi connectivity index (χ1n) is 3.60. The van der Waals surface area contributed by atoms with Gasteiger partial charge in [-0.2, -0.15) is 10.5 Å². The topological polar surface area (TPSA) is 99.9 Å². The summed E-state index contributed by atoms with van der Waals surface area (Å²) in [6.07, 6.45) is -0.151. The number of esters is 1. The van der Waals surface area contributed by atoms with Gasteiger partial charge < -0.3 is 10.5 Å². The highest BCUT2D eigenvalue weighted by Gasteiger charge is 2.13. The molecule has 0 aliphatic rings. The monoisotopic (exact) mass is 179 g/mol. The van der Waals surface area contributed by atoms with Crippen LogP contribution in [0.5, 0.6) is 0 Å². The maximum Gasteiger partial charge on any atom is 0.350 e. The molecule has 68 valence electrons. The summed E-state index contributed by atoms with van der Waals surface area (Å²) in [6, 6.07) is 3.34. The molecule has 0 aliphatic heterocycles. The third kappa shape index (κ3) is 3.26. The van der Waals surface area contributed by atoms with Crippen LogP contribution in [-0.4, -0.2) is 12.6 Å². The van der Waals surface area contributed by atoms with Gasteiger partial charge in [0.05, 0.1) is 19.1 Å². The van der Waals surface area contributed by atoms with E-state index >= 15 is 0 Å². The number of hydrogen-bond donors (Lipinski definition) is 1. The molecule has 0 rings (SSSR count). The normalized spacial score (nSPS) is 10.7. The zero-order valence-corrected chi connectivity index (χ0v) is 7.20. The third-order valence-electron chi connectivity index (χ3n) is 1.18. The molecular formula is C8H9N3O2. The molecule has 0 amide bonds. The van der Waals surface area contributed by atoms with Gasteiger partial charge in [-0.25, -0.2) is 4.79 Å². The molecule has 0 radical (unpaired) electrons. The number of allylic oxidation sites excluding steroid dienone is 1. The van der Waals surface area contributed by atoms with Gasteiger partial charge in [0.25, 0.3) is 0 Å². The van der Waals surface area contributed by atoms with Crippen LogP contribution in [0.25, 0.3) is 0 Å². The average Bonchev–Trinajstić information content (AvgIpc) is 2.06. The van der Waals surface area contributed by atoms with Gasteiger partial charge in [0.1, 0.15) is 6.07 Å². The van der Waals surface area contributed by atoms with Gasteiger partial charge in [-0.05, 0) is 6.92 Å². The first-order chi connectivity index (χ1) is 6.17. The first kappa shape index (κ1) is 11.0. The van der Waals surface area contributed by atoms with Crippen molar-refractivity contribution in [3.8, 4) is 12.1 Å². The summed E-state index contributed by atoms with van der Waals surface area (Å²) in [4.78, 5) is 11.0. The fraction of sp³-hybridized carbons (Fsp3) is 0.375. The molecule has 0 atom stereocenters. The molecule has 0 aromatic carbocycles. The number of rotatable bonds is 3. The van der Waals surface area contributed by atoms with Crippen LogP contribution in [0.1, 0.15) is 13.3 Å². The predicted molar refractivity (Wildman–Crippen MR) is 43.7 cm³/mol. The van der Waals surface area contributed by atoms with E-state index in [4.69, 9.17) is 16.3 Å². The van der Waals surface area contributed by atoms with E-state index in [2.05, 4.69) is 4.74 Å². The first-order valence-corrected chi connectivity index (χ1v) is 3.60. The van der Waals surface area contributed by atoms with Crippen LogP contribution in [0, 0.1) is 22.7 Å². The molecule has 0 aromatic rings. The van der Waals surface area contributed by atoms with Crippen LogP contribution < -0.4 is 5.73 Å². The maximum absolute atomic E-state index is 11.0. The molecule has 0 aliphatic carbocycles. The van der Waals surface area contributed by atoms with Crippen LogP contribution in [0.2, 0.25) is 0 Å². The Hall–Kier alpha value is -2.01. The number of carbonyl (C=O) groups is 1. The van der Waals surface area contributed by atoms with Gasteiger partial charge >= 0.3 is 5.97 Å². The van der Waals surface area contributed by atoms with E-state index in [-0.39, 0.29) is 24.3 Å². The van der Waals surface area contributed by atoms with Gasteiger partial charge in [0.2, 0.25) is 0 Å². The van der Waals surface area contributed by atoms with Crippen molar-refractivity contribution < 1.29 is 9.53 Å². The summed E-state index contributed by atoms with van der Waals surface area (Å²) < 4.78 is 4.55. The van der Waals surface area contributed by atoms with E-state index in [9.17, 15) is 4.79 Å². The van der Waals surface area contributed by atoms with Gasteiger partial charge in [-0.15, -0.1) is 0 Å². The summed E-state index contributed by atoms with van der Waals surface area (Å²) in [5.41, 5.74) is 4.96. The summed E-state index contributed by atoms with van der Waals surface area (Å²) in [5, 5.41) is 16.8. The second-order valence-electron chi connectivity index (χ2n) is 2.07. The fourth-order valence-electron chi connectivity index (χ4n) is 0.625. The standard InChI is InChI=1S/C8H9N3O2/c1-2-13-8(12)6(5-10)7(11)3-4-9/h2-3,11H2,1H3/b7-6+. The molecule has 0 bridgehead atoms. The summed E-state index contributed by atoms with van der Waals surface area (Å²) in [5.74, 6) is -0.780. The van der Waals surface area contributed by atoms with Crippen molar-refractivity contribution in [1.29, 1.82) is 10.5 Å². The molecule has 0 fully saturated rings. The second-order valence-corrected chi connectivity index (χ2v) is 2.07. The van der Waals surface area contributed by atoms with Crippen molar-refractivity contribution in [2.45, 2.75) is 13.3 Å². The van der Waals surface area contributed by atoms with Crippen LogP contribution >= 0.6 is 0 Å². The minimum atomic E-state index is -0.780. The SMILES string of the molecule is CCOC(=O)/C(C#N)=C(/N)CC#N. The molecule has 2 N–H and O–H groups in total. The van der Waals surface area contributed by atoms with E-state index in [1.54, 1.807) is 19.1 Å². The number of carbonyl (C=O) groups excluding carboxylic acids is 1. The zero-order valence-electron chi connectivity index (χ0n) is 7.20. The summed E-state index contributed by atoms with van der Waals surface area (Å²) in [6.45, 7) is 1.79. The van der Waals surface area contributed by atoms with E-state index in [0.717, 1.165) is 0 Å². The Kier molecular flexibility index (Phi) is 4.75. The minimum absolute atomic E-state index is 0.0524. The Morgan fingerprint density at radius 2 is 2.15 bits per heavy atom. The van der Waals surface area contributed by atoms with Crippen LogP contribution in [0.3, 0.4) is 0 Å². The number of ether oxygens (including phenoxy) is 1. The predicted octanol–water partition coefficient (Wildman–Crippen LogP) is 0.200. The van der Waals surface area contributed by atoms with E-state index in [1.807, 2.05) is 0 Å². The summed E-state index contributed by atoms with van der Waals surface area (Å²) in [7, 11) is 0. The highest BCUT2D eigenvalue weighted by atomic mass is 16.5. The molecule has 0 spiro atoms. The quantitative estimate of drug-likeness (QED) is 0.379. The van der Waals surface area contributed by atoms with Crippen molar-refractivity contribution in [1.82, 2.24) is 0 Å². The van der Waals surface area contributed by atoms with Gasteiger partial charge in [-0.3, -0.25) is 0 Å². The van der Waals surface area contributed by atoms with Crippen molar-refractivity contribution in [2.75, 3.05) is 6.61 Å². The Labute approximate surface area is 76.0 Å². The number of nitriles is 2. The lowest BCUT2D eigenvalue weighted by Crippen LogP contribution is -2.12. The van der Waals surface area contributed by atoms with E-state index < -0.39 is 5.97 Å². The molecule has 0 aromatic heterocycles. The van der Waals surface area contributed by atoms with Crippen LogP contribution in [0.15, 0.2) is 11.3 Å². The van der Waals surface area contributed by atoms with Crippen molar-refractivity contribution in [3.63, 3.8) is 0 Å². The highest BCUT2D eigenvalue weighted by Crippen LogP contribution is 2.03. The van der Waals surface area contributed by atoms with E-state index in [1.165, 1.54) is 0 Å². The minimum Gasteiger partial charge on any atom is -0.462 e. The number of nitrogens with two attached hydrogens (primary N) is 1. The number of hydrogen-bond acceptors (Lipinski definition) is 5. The Morgan fingerprint density at radius 1 is 1.54 bits per heavy atom. The lowest BCUT2D eigenvalue weighted by atomic mass is 10.2. The molecule has 0 heterocycles. The molecular weight excluding hydrogens is 170 g/mol. The Bertz CT molecular complexity index is 306. The molecule has 0 saturated carbocycles. The van der Waals surface area contributed by atoms with E-state index in [0.29, 0.717) is 0 Å². The van der Waals surface area contributed by atoms with Gasteiger partial charge in [0.15, 0.2) is 5.57 Å². The molecule has 13 heavy (non-hydrogen) atoms. The molecule has 5 nitrogen and oxygen atoms in total. The fourth-order valence-corrected chi connectivity index (χ4v) is 0.625. The Morgan fingerprint density at radius 3 is 2.54 bits per heavy atom. The highest BCUT2D eigenvalue weighted by molar-refractivity contribution is 5.93. The zero-order chi connectivity index (χ0) is 10.3. The summed E-state index contributed by atoms with van der Waals surface area (Å²) >= 11 is 0. The Balaban J connectivity index is 4.71. The molecule has 0 unspecified atom stereocenters. The van der Waals surface area contributed by atoms with Crippen LogP contribution in [0.4, 0.5) is 0 Å². The second kappa shape index (κ2) is 5.62. The lowest BCUT2D eigenvalue weighted by molar-refractivity contribution is -0.138. The average molecular weight is 179 g/mol. The van der Waals surface area contributed by atoms with Crippen molar-refractivity contribution >= 4 is 5.97 Å². The smallest absolute Gasteiger partial charge is 0.350 e. The van der Waals surface area contributed by atoms with Crippen LogP contribution in [-0.2, 0) is 9.53 Å². The van der Waals surface area contributed by atoms with Gasteiger partial charge in [-0.1, -0.05) is 0 Å². The maximum atomic E-state index is 11.0. The third-order valence-corrected chi connectivity index (χ3v) is 1.18. The van der Waals surface area contributed by atoms with Crippen molar-refractivity contribution in [2.24, 2.45) is 5.73 Å². The van der Waals surface area contributed by atoms with Gasteiger partial charge in [0, 0.05) is 5.70 Å². The largest absolute Gasteiger partial charge is 0.462 e. The molecule has 0 saturated heterocycles. The number of nitrogens with zero attached hydrogens (tertiary/aromatic N) is 2.